The molecule has 23 heavy (non-hydrogen) atoms. The number of amidine groups is 1. The van der Waals surface area contributed by atoms with Gasteiger partial charge in [-0.05, 0) is 24.6 Å². The molecule has 2 amide bonds. The highest BCUT2D eigenvalue weighted by Crippen LogP contribution is 2.32. The van der Waals surface area contributed by atoms with Crippen molar-refractivity contribution in [3.05, 3.63) is 34.3 Å². The molecule has 7 nitrogen and oxygen atoms in total. The Labute approximate surface area is 141 Å². The van der Waals surface area contributed by atoms with Gasteiger partial charge in [-0.25, -0.2) is 9.79 Å². The summed E-state index contributed by atoms with van der Waals surface area (Å²) in [6.45, 7) is 1.71. The Balaban J connectivity index is 1.94. The maximum Gasteiger partial charge on any atom is 0.408 e. The van der Waals surface area contributed by atoms with Gasteiger partial charge in [-0.3, -0.25) is 9.69 Å². The summed E-state index contributed by atoms with van der Waals surface area (Å²) in [4.78, 5) is 29.3. The molecule has 1 saturated heterocycles. The summed E-state index contributed by atoms with van der Waals surface area (Å²) in [5.41, 5.74) is -0.387. The van der Waals surface area contributed by atoms with Gasteiger partial charge in [0.05, 0.1) is 18.7 Å². The van der Waals surface area contributed by atoms with Gasteiger partial charge in [-0.1, -0.05) is 28.1 Å². The van der Waals surface area contributed by atoms with Crippen molar-refractivity contribution >= 4 is 33.8 Å². The van der Waals surface area contributed by atoms with Gasteiger partial charge in [0.1, 0.15) is 5.84 Å². The predicted molar refractivity (Wildman–Crippen MR) is 86.2 cm³/mol. The number of hydrogen-bond donors (Lipinski definition) is 3. The molecule has 3 N–H and O–H groups in total. The van der Waals surface area contributed by atoms with E-state index in [-0.39, 0.29) is 18.9 Å². The summed E-state index contributed by atoms with van der Waals surface area (Å²) in [6.07, 6.45) is -1.67. The first-order chi connectivity index (χ1) is 10.8. The molecule has 0 aliphatic carbocycles. The Kier molecular flexibility index (Phi) is 3.89. The highest BCUT2D eigenvalue weighted by Gasteiger charge is 2.46. The molecule has 0 saturated carbocycles. The molecular formula is C15H16BrN3O4. The third-order valence-corrected chi connectivity index (χ3v) is 4.80. The van der Waals surface area contributed by atoms with Crippen molar-refractivity contribution in [3.63, 3.8) is 0 Å². The molecule has 2 unspecified atom stereocenters. The monoisotopic (exact) mass is 381 g/mol. The summed E-state index contributed by atoms with van der Waals surface area (Å²) in [6, 6.07) is 6.61. The number of β-amino-alcohol motifs (C(OH)–C–C–N with tert-alkyl or cyclic N) is 1. The zero-order valence-electron chi connectivity index (χ0n) is 12.4. The average molecular weight is 382 g/mol. The third kappa shape index (κ3) is 2.72. The number of carboxylic acid groups (broad SMARTS) is 1. The second-order valence-corrected chi connectivity index (χ2v) is 6.79. The fourth-order valence-corrected chi connectivity index (χ4v) is 3.23. The summed E-state index contributed by atoms with van der Waals surface area (Å²) < 4.78 is 0.892. The van der Waals surface area contributed by atoms with Crippen molar-refractivity contribution in [3.8, 4) is 0 Å². The molecule has 3 rings (SSSR count). The molecule has 2 aliphatic heterocycles. The number of hydrogen-bond acceptors (Lipinski definition) is 4. The summed E-state index contributed by atoms with van der Waals surface area (Å²) in [5.74, 6) is -0.0130. The molecule has 0 aromatic heterocycles. The lowest BCUT2D eigenvalue weighted by atomic mass is 9.93. The number of aliphatic imine (C=N–C) groups is 1. The number of amides is 2. The Morgan fingerprint density at radius 2 is 2.09 bits per heavy atom. The molecule has 8 heteroatoms. The van der Waals surface area contributed by atoms with Crippen LogP contribution in [0.4, 0.5) is 4.79 Å². The maximum absolute atomic E-state index is 12.4. The van der Waals surface area contributed by atoms with E-state index < -0.39 is 23.8 Å². The van der Waals surface area contributed by atoms with E-state index in [1.807, 2.05) is 12.1 Å². The second kappa shape index (κ2) is 5.61. The van der Waals surface area contributed by atoms with Crippen LogP contribution in [0.15, 0.2) is 33.7 Å². The van der Waals surface area contributed by atoms with E-state index in [4.69, 9.17) is 0 Å². The largest absolute Gasteiger partial charge is 0.465 e. The number of benzene rings is 1. The first-order valence-corrected chi connectivity index (χ1v) is 7.95. The second-order valence-electron chi connectivity index (χ2n) is 5.87. The molecule has 2 heterocycles. The van der Waals surface area contributed by atoms with Crippen molar-refractivity contribution in [2.45, 2.75) is 31.0 Å². The van der Waals surface area contributed by atoms with Gasteiger partial charge < -0.3 is 15.5 Å². The predicted octanol–water partition coefficient (Wildman–Crippen LogP) is 1.31. The van der Waals surface area contributed by atoms with Crippen LogP contribution in [0.5, 0.6) is 0 Å². The molecule has 0 radical (unpaired) electrons. The molecule has 122 valence electrons. The number of rotatable bonds is 2. The number of halogens is 1. The maximum atomic E-state index is 12.4. The molecule has 2 aliphatic rings. The Morgan fingerprint density at radius 3 is 2.70 bits per heavy atom. The van der Waals surface area contributed by atoms with Crippen molar-refractivity contribution in [2.24, 2.45) is 4.99 Å². The topological polar surface area (TPSA) is 102 Å². The quantitative estimate of drug-likeness (QED) is 0.718. The number of carbonyl (C=O) groups excluding carboxylic acids is 1. The van der Waals surface area contributed by atoms with E-state index in [9.17, 15) is 19.8 Å². The van der Waals surface area contributed by atoms with E-state index in [1.54, 1.807) is 19.1 Å². The van der Waals surface area contributed by atoms with E-state index in [0.29, 0.717) is 11.4 Å². The molecule has 0 spiro atoms. The lowest BCUT2D eigenvalue weighted by molar-refractivity contribution is -0.123. The highest BCUT2D eigenvalue weighted by atomic mass is 79.9. The molecule has 1 aromatic rings. The van der Waals surface area contributed by atoms with Gasteiger partial charge in [-0.2, -0.15) is 0 Å². The van der Waals surface area contributed by atoms with Crippen molar-refractivity contribution in [1.82, 2.24) is 10.2 Å². The van der Waals surface area contributed by atoms with Gasteiger partial charge in [0, 0.05) is 10.9 Å². The minimum absolute atomic E-state index is 0.0177. The van der Waals surface area contributed by atoms with E-state index in [2.05, 4.69) is 26.2 Å². The average Bonchev–Trinajstić information content (AvgIpc) is 3.02. The minimum Gasteiger partial charge on any atom is -0.465 e. The first kappa shape index (κ1) is 15.9. The first-order valence-electron chi connectivity index (χ1n) is 7.16. The van der Waals surface area contributed by atoms with Crippen molar-refractivity contribution < 1.29 is 19.8 Å². The van der Waals surface area contributed by atoms with Crippen molar-refractivity contribution in [1.29, 1.82) is 0 Å². The van der Waals surface area contributed by atoms with Crippen LogP contribution >= 0.6 is 15.9 Å². The lowest BCUT2D eigenvalue weighted by Crippen LogP contribution is -2.45. The minimum atomic E-state index is -1.14. The summed E-state index contributed by atoms with van der Waals surface area (Å²) in [5, 5.41) is 21.7. The Hall–Kier alpha value is -1.93. The van der Waals surface area contributed by atoms with E-state index in [1.165, 1.54) is 0 Å². The standard InChI is InChI=1S/C15H16BrN3O4/c1-15(8-2-4-9(16)5-3-8)13(21)17-12(18-15)11-6-10(20)7-19(11)14(22)23/h2-5,10-11,20H,6-7H2,1H3,(H,22,23)(H,17,18,21)/t10-,11?,15?/m1/s1. The number of aliphatic hydroxyl groups is 1. The number of aliphatic hydroxyl groups excluding tert-OH is 1. The SMILES string of the molecule is CC1(c2ccc(Br)cc2)N=C(C2C[C@@H](O)CN2C(=O)O)NC1=O. The van der Waals surface area contributed by atoms with E-state index >= 15 is 0 Å². The molecule has 3 atom stereocenters. The molecular weight excluding hydrogens is 366 g/mol. The molecule has 1 aromatic carbocycles. The Bertz CT molecular complexity index is 690. The number of likely N-dealkylation sites (tertiary alicyclic amines) is 1. The van der Waals surface area contributed by atoms with Crippen LogP contribution in [0.1, 0.15) is 18.9 Å². The number of nitrogens with zero attached hydrogens (tertiary/aromatic N) is 2. The third-order valence-electron chi connectivity index (χ3n) is 4.27. The smallest absolute Gasteiger partial charge is 0.408 e. The molecule has 0 bridgehead atoms. The number of carbonyl (C=O) groups is 2. The van der Waals surface area contributed by atoms with Crippen LogP contribution < -0.4 is 5.32 Å². The van der Waals surface area contributed by atoms with Gasteiger partial charge in [0.15, 0.2) is 5.54 Å². The fourth-order valence-electron chi connectivity index (χ4n) is 2.97. The van der Waals surface area contributed by atoms with Crippen LogP contribution in [-0.4, -0.2) is 51.6 Å². The van der Waals surface area contributed by atoms with E-state index in [0.717, 1.165) is 9.37 Å². The van der Waals surface area contributed by atoms with Crippen LogP contribution in [0.25, 0.3) is 0 Å². The van der Waals surface area contributed by atoms with Gasteiger partial charge in [0.25, 0.3) is 5.91 Å². The zero-order chi connectivity index (χ0) is 16.8. The normalized spacial score (nSPS) is 30.3. The Morgan fingerprint density at radius 1 is 1.43 bits per heavy atom. The molecule has 1 fully saturated rings. The van der Waals surface area contributed by atoms with Crippen LogP contribution in [0.2, 0.25) is 0 Å². The zero-order valence-corrected chi connectivity index (χ0v) is 13.9. The number of nitrogens with one attached hydrogen (secondary N) is 1. The lowest BCUT2D eigenvalue weighted by Gasteiger charge is -2.20. The van der Waals surface area contributed by atoms with Crippen LogP contribution in [0.3, 0.4) is 0 Å². The van der Waals surface area contributed by atoms with Gasteiger partial charge in [0.2, 0.25) is 0 Å². The fraction of sp³-hybridized carbons (Fsp3) is 0.400. The summed E-state index contributed by atoms with van der Waals surface area (Å²) in [7, 11) is 0. The van der Waals surface area contributed by atoms with Crippen LogP contribution in [0, 0.1) is 0 Å². The highest BCUT2D eigenvalue weighted by molar-refractivity contribution is 9.10. The van der Waals surface area contributed by atoms with Crippen LogP contribution in [-0.2, 0) is 10.3 Å². The summed E-state index contributed by atoms with van der Waals surface area (Å²) >= 11 is 3.35. The van der Waals surface area contributed by atoms with Gasteiger partial charge >= 0.3 is 6.09 Å². The van der Waals surface area contributed by atoms with Crippen molar-refractivity contribution in [2.75, 3.05) is 6.54 Å². The van der Waals surface area contributed by atoms with Gasteiger partial charge in [-0.15, -0.1) is 0 Å².